The van der Waals surface area contributed by atoms with Gasteiger partial charge in [0, 0.05) is 12.1 Å². The topological polar surface area (TPSA) is 105 Å². The number of hydrazone groups is 1. The fourth-order valence-electron chi connectivity index (χ4n) is 2.34. The lowest BCUT2D eigenvalue weighted by Gasteiger charge is -2.34. The Bertz CT molecular complexity index is 502. The fourth-order valence-corrected chi connectivity index (χ4v) is 2.34. The fraction of sp³-hybridized carbons (Fsp3) is 0.467. The Kier molecular flexibility index (Phi) is 6.84. The zero-order valence-electron chi connectivity index (χ0n) is 12.6. The van der Waals surface area contributed by atoms with E-state index in [1.165, 1.54) is 0 Å². The van der Waals surface area contributed by atoms with Crippen LogP contribution in [0.3, 0.4) is 0 Å². The maximum Gasteiger partial charge on any atom is 0.238 e. The number of hydrogen-bond donors (Lipinski definition) is 3. The molecule has 2 rings (SSSR count). The van der Waals surface area contributed by atoms with Crippen LogP contribution in [0.4, 0.5) is 5.69 Å². The second-order valence-corrected chi connectivity index (χ2v) is 4.40. The van der Waals surface area contributed by atoms with Gasteiger partial charge in [-0.05, 0) is 19.0 Å². The first-order chi connectivity index (χ1) is 10.2. The average molecular weight is 292 g/mol. The number of carbonyl (C=O) groups excluding carboxylic acids is 1. The van der Waals surface area contributed by atoms with Crippen molar-refractivity contribution >= 4 is 17.3 Å². The van der Waals surface area contributed by atoms with Gasteiger partial charge in [-0.25, -0.2) is 0 Å². The molecule has 1 atom stereocenters. The minimum absolute atomic E-state index is 0.182. The van der Waals surface area contributed by atoms with E-state index in [0.717, 1.165) is 11.3 Å². The summed E-state index contributed by atoms with van der Waals surface area (Å²) in [5.41, 5.74) is 7.50. The summed E-state index contributed by atoms with van der Waals surface area (Å²) in [7, 11) is 0. The van der Waals surface area contributed by atoms with Crippen LogP contribution in [0.15, 0.2) is 29.4 Å². The van der Waals surface area contributed by atoms with Crippen molar-refractivity contribution in [2.75, 3.05) is 24.6 Å². The molecule has 0 spiro atoms. The van der Waals surface area contributed by atoms with E-state index >= 15 is 0 Å². The predicted molar refractivity (Wildman–Crippen MR) is 85.1 cm³/mol. The van der Waals surface area contributed by atoms with Crippen LogP contribution in [0.2, 0.25) is 0 Å². The Labute approximate surface area is 125 Å². The lowest BCUT2D eigenvalue weighted by Crippen LogP contribution is -2.47. The van der Waals surface area contributed by atoms with E-state index in [1.807, 2.05) is 38.1 Å². The number of amides is 1. The monoisotopic (exact) mass is 292 g/mol. The van der Waals surface area contributed by atoms with Gasteiger partial charge in [-0.1, -0.05) is 32.0 Å². The molecule has 1 unspecified atom stereocenters. The molecule has 6 nitrogen and oxygen atoms in total. The molecular weight excluding hydrogens is 268 g/mol. The van der Waals surface area contributed by atoms with Gasteiger partial charge < -0.3 is 21.6 Å². The van der Waals surface area contributed by atoms with Crippen molar-refractivity contribution in [3.05, 3.63) is 29.8 Å². The highest BCUT2D eigenvalue weighted by molar-refractivity contribution is 6.23. The summed E-state index contributed by atoms with van der Waals surface area (Å²) in [6.07, 6.45) is 0.702. The molecule has 1 aromatic carbocycles. The highest BCUT2D eigenvalue weighted by Gasteiger charge is 2.36. The van der Waals surface area contributed by atoms with E-state index in [2.05, 4.69) is 5.10 Å². The van der Waals surface area contributed by atoms with E-state index < -0.39 is 5.92 Å². The lowest BCUT2D eigenvalue weighted by atomic mass is 9.89. The molecule has 1 aromatic rings. The summed E-state index contributed by atoms with van der Waals surface area (Å²) < 4.78 is 0. The van der Waals surface area contributed by atoms with Crippen molar-refractivity contribution in [1.82, 2.24) is 0 Å². The molecule has 0 fully saturated rings. The molecule has 0 bridgehead atoms. The standard InChI is InChI=1S/C13H18N4O2.C2H6/c14-6-3-7-17-11-5-2-1-4-9(11)12(16-15)10(8-18)13(17)19;1-2/h1-2,4-5,10,18H,3,6-8,14-15H2;1-2H3/b16-12-;. The van der Waals surface area contributed by atoms with E-state index in [0.29, 0.717) is 25.2 Å². The van der Waals surface area contributed by atoms with Crippen molar-refractivity contribution in [1.29, 1.82) is 0 Å². The Morgan fingerprint density at radius 3 is 2.57 bits per heavy atom. The first-order valence-corrected chi connectivity index (χ1v) is 7.24. The third-order valence-corrected chi connectivity index (χ3v) is 3.27. The molecule has 116 valence electrons. The summed E-state index contributed by atoms with van der Waals surface area (Å²) in [5, 5.41) is 13.1. The molecule has 0 aliphatic carbocycles. The molecule has 0 saturated carbocycles. The van der Waals surface area contributed by atoms with Crippen LogP contribution in [0, 0.1) is 5.92 Å². The smallest absolute Gasteiger partial charge is 0.238 e. The Morgan fingerprint density at radius 1 is 1.33 bits per heavy atom. The number of hydrogen-bond acceptors (Lipinski definition) is 5. The third-order valence-electron chi connectivity index (χ3n) is 3.27. The maximum atomic E-state index is 12.4. The molecule has 5 N–H and O–H groups in total. The number of rotatable bonds is 4. The van der Waals surface area contributed by atoms with Crippen molar-refractivity contribution in [3.63, 3.8) is 0 Å². The Balaban J connectivity index is 0.00000106. The van der Waals surface area contributed by atoms with Gasteiger partial charge in [0.15, 0.2) is 0 Å². The number of anilines is 1. The third kappa shape index (κ3) is 3.40. The van der Waals surface area contributed by atoms with Crippen molar-refractivity contribution in [3.8, 4) is 0 Å². The molecular formula is C15H24N4O2. The highest BCUT2D eigenvalue weighted by atomic mass is 16.3. The van der Waals surface area contributed by atoms with Crippen molar-refractivity contribution < 1.29 is 9.90 Å². The number of aliphatic hydroxyl groups excluding tert-OH is 1. The number of fused-ring (bicyclic) bond motifs is 1. The molecule has 1 amide bonds. The van der Waals surface area contributed by atoms with E-state index in [1.54, 1.807) is 4.90 Å². The molecule has 21 heavy (non-hydrogen) atoms. The zero-order valence-corrected chi connectivity index (χ0v) is 12.6. The second kappa shape index (κ2) is 8.39. The first kappa shape index (κ1) is 17.1. The highest BCUT2D eigenvalue weighted by Crippen LogP contribution is 2.30. The number of nitrogens with two attached hydrogens (primary N) is 2. The summed E-state index contributed by atoms with van der Waals surface area (Å²) in [6, 6.07) is 7.42. The van der Waals surface area contributed by atoms with Crippen LogP contribution >= 0.6 is 0 Å². The molecule has 1 heterocycles. The van der Waals surface area contributed by atoms with E-state index in [9.17, 15) is 9.90 Å². The van der Waals surface area contributed by atoms with Gasteiger partial charge in [0.1, 0.15) is 5.92 Å². The molecule has 1 aliphatic rings. The summed E-state index contributed by atoms with van der Waals surface area (Å²) in [4.78, 5) is 14.0. The van der Waals surface area contributed by atoms with Crippen LogP contribution in [0.5, 0.6) is 0 Å². The van der Waals surface area contributed by atoms with Gasteiger partial charge in [0.05, 0.1) is 18.0 Å². The second-order valence-electron chi connectivity index (χ2n) is 4.40. The minimum Gasteiger partial charge on any atom is -0.395 e. The quantitative estimate of drug-likeness (QED) is 0.560. The molecule has 0 saturated heterocycles. The van der Waals surface area contributed by atoms with E-state index in [-0.39, 0.29) is 12.5 Å². The maximum absolute atomic E-state index is 12.4. The number of carbonyl (C=O) groups is 1. The lowest BCUT2D eigenvalue weighted by molar-refractivity contribution is -0.121. The Morgan fingerprint density at radius 2 is 2.00 bits per heavy atom. The number of para-hydroxylation sites is 1. The van der Waals surface area contributed by atoms with Gasteiger partial charge in [0.2, 0.25) is 5.91 Å². The van der Waals surface area contributed by atoms with Crippen molar-refractivity contribution in [2.24, 2.45) is 22.6 Å². The molecule has 0 radical (unpaired) electrons. The van der Waals surface area contributed by atoms with Crippen LogP contribution in [0.25, 0.3) is 0 Å². The minimum atomic E-state index is -0.697. The normalized spacial score (nSPS) is 19.0. The Hall–Kier alpha value is -1.92. The number of aliphatic hydroxyl groups is 1. The largest absolute Gasteiger partial charge is 0.395 e. The molecule has 1 aliphatic heterocycles. The summed E-state index contributed by atoms with van der Waals surface area (Å²) in [5.74, 6) is 4.50. The van der Waals surface area contributed by atoms with Gasteiger partial charge in [0.25, 0.3) is 0 Å². The van der Waals surface area contributed by atoms with Crippen LogP contribution < -0.4 is 16.5 Å². The average Bonchev–Trinajstić information content (AvgIpc) is 2.55. The summed E-state index contributed by atoms with van der Waals surface area (Å²) in [6.45, 7) is 4.73. The van der Waals surface area contributed by atoms with Gasteiger partial charge in [-0.3, -0.25) is 4.79 Å². The van der Waals surface area contributed by atoms with Gasteiger partial charge in [-0.2, -0.15) is 5.10 Å². The summed E-state index contributed by atoms with van der Waals surface area (Å²) >= 11 is 0. The van der Waals surface area contributed by atoms with Crippen LogP contribution in [0.1, 0.15) is 25.8 Å². The molecule has 0 aromatic heterocycles. The van der Waals surface area contributed by atoms with Crippen molar-refractivity contribution in [2.45, 2.75) is 20.3 Å². The van der Waals surface area contributed by atoms with Gasteiger partial charge in [-0.15, -0.1) is 0 Å². The molecule has 6 heteroatoms. The van der Waals surface area contributed by atoms with Crippen LogP contribution in [-0.2, 0) is 4.79 Å². The number of nitrogens with zero attached hydrogens (tertiary/aromatic N) is 2. The predicted octanol–water partition coefficient (Wildman–Crippen LogP) is 0.680. The number of benzene rings is 1. The van der Waals surface area contributed by atoms with E-state index in [4.69, 9.17) is 11.6 Å². The van der Waals surface area contributed by atoms with Crippen LogP contribution in [-0.4, -0.2) is 36.4 Å². The first-order valence-electron chi connectivity index (χ1n) is 7.24. The van der Waals surface area contributed by atoms with Gasteiger partial charge >= 0.3 is 0 Å². The SMILES string of the molecule is CC.NCCCN1C(=O)C(CO)/C(=N\N)c2ccccc21. The zero-order chi connectivity index (χ0) is 15.8.